The highest BCUT2D eigenvalue weighted by Crippen LogP contribution is 2.24. The van der Waals surface area contributed by atoms with Crippen molar-refractivity contribution in [3.8, 4) is 0 Å². The minimum atomic E-state index is 0.642. The number of hydrogen-bond acceptors (Lipinski definition) is 4. The van der Waals surface area contributed by atoms with Gasteiger partial charge >= 0.3 is 0 Å². The predicted molar refractivity (Wildman–Crippen MR) is 89.6 cm³/mol. The number of rotatable bonds is 4. The average Bonchev–Trinajstić information content (AvgIpc) is 2.78. The monoisotopic (exact) mass is 302 g/mol. The maximum absolute atomic E-state index is 10.00. The zero-order valence-electron chi connectivity index (χ0n) is 13.7. The minimum absolute atomic E-state index is 0.642. The summed E-state index contributed by atoms with van der Waals surface area (Å²) in [4.78, 5) is 3.52. The fourth-order valence-electron chi connectivity index (χ4n) is 3.57. The summed E-state index contributed by atoms with van der Waals surface area (Å²) in [5.74, 6) is 0.691. The van der Waals surface area contributed by atoms with Gasteiger partial charge in [0.15, 0.2) is 5.82 Å². The molecule has 0 spiro atoms. The number of likely N-dealkylation sites (tertiary alicyclic amines) is 1. The molecule has 5 nitrogen and oxygen atoms in total. The normalized spacial score (nSPS) is 23.0. The molecular weight excluding hydrogens is 276 g/mol. The van der Waals surface area contributed by atoms with E-state index in [1.165, 1.54) is 24.8 Å². The maximum atomic E-state index is 10.00. The number of anilines is 1. The Bertz CT molecular complexity index is 641. The Morgan fingerprint density at radius 2 is 2.00 bits per heavy atom. The first-order valence-corrected chi connectivity index (χ1v) is 8.24. The van der Waals surface area contributed by atoms with Gasteiger partial charge in [-0.25, -0.2) is 0 Å². The first-order valence-electron chi connectivity index (χ1n) is 8.24. The molecule has 2 aromatic rings. The summed E-state index contributed by atoms with van der Waals surface area (Å²) in [6.45, 7) is 8.47. The van der Waals surface area contributed by atoms with E-state index in [4.69, 9.17) is 0 Å². The fraction of sp³-hybridized carbons (Fsp3) is 0.588. The van der Waals surface area contributed by atoms with Crippen molar-refractivity contribution >= 4 is 16.7 Å². The van der Waals surface area contributed by atoms with Crippen LogP contribution in [0.3, 0.4) is 0 Å². The molecule has 1 aromatic carbocycles. The molecule has 1 aromatic heterocycles. The summed E-state index contributed by atoms with van der Waals surface area (Å²) < 4.78 is 0. The molecule has 0 saturated carbocycles. The number of aromatic nitrogens is 2. The molecule has 2 N–H and O–H groups in total. The van der Waals surface area contributed by atoms with E-state index in [2.05, 4.69) is 42.2 Å². The lowest BCUT2D eigenvalue weighted by Crippen LogP contribution is -2.45. The van der Waals surface area contributed by atoms with Crippen molar-refractivity contribution in [1.82, 2.24) is 14.8 Å². The molecule has 120 valence electrons. The number of piperidine rings is 1. The molecule has 0 aliphatic carbocycles. The van der Waals surface area contributed by atoms with Gasteiger partial charge in [0, 0.05) is 30.6 Å². The molecule has 1 fully saturated rings. The molecule has 0 bridgehead atoms. The van der Waals surface area contributed by atoms with Gasteiger partial charge in [-0.3, -0.25) is 4.90 Å². The van der Waals surface area contributed by atoms with Gasteiger partial charge in [0.25, 0.3) is 0 Å². The number of nitrogens with zero attached hydrogens (tertiary/aromatic N) is 3. The Kier molecular flexibility index (Phi) is 4.25. The molecule has 0 amide bonds. The first kappa shape index (κ1) is 15.2. The average molecular weight is 302 g/mol. The van der Waals surface area contributed by atoms with Gasteiger partial charge in [0.05, 0.1) is 5.52 Å². The Hall–Kier alpha value is -1.75. The van der Waals surface area contributed by atoms with Gasteiger partial charge in [-0.15, -0.1) is 5.10 Å². The predicted octanol–water partition coefficient (Wildman–Crippen LogP) is 3.26. The molecule has 2 atom stereocenters. The molecular formula is C17H26N4O. The number of nitrogens with one attached hydrogen (secondary N) is 1. The maximum Gasteiger partial charge on any atom is 0.173 e. The van der Waals surface area contributed by atoms with Gasteiger partial charge < -0.3 is 10.5 Å². The minimum Gasteiger partial charge on any atom is -0.410 e. The van der Waals surface area contributed by atoms with Crippen LogP contribution in [0.1, 0.15) is 38.7 Å². The van der Waals surface area contributed by atoms with Crippen molar-refractivity contribution in [2.75, 3.05) is 18.4 Å². The van der Waals surface area contributed by atoms with Crippen LogP contribution in [-0.4, -0.2) is 45.2 Å². The highest BCUT2D eigenvalue weighted by Gasteiger charge is 2.24. The summed E-state index contributed by atoms with van der Waals surface area (Å²) in [5, 5.41) is 18.5. The summed E-state index contributed by atoms with van der Waals surface area (Å²) in [6, 6.07) is 7.30. The van der Waals surface area contributed by atoms with Crippen molar-refractivity contribution in [2.45, 2.75) is 52.1 Å². The molecule has 1 aliphatic heterocycles. The summed E-state index contributed by atoms with van der Waals surface area (Å²) in [7, 11) is 0. The number of fused-ring (bicyclic) bond motifs is 1. The Morgan fingerprint density at radius 1 is 1.27 bits per heavy atom. The van der Waals surface area contributed by atoms with E-state index in [-0.39, 0.29) is 0 Å². The number of benzene rings is 1. The van der Waals surface area contributed by atoms with Crippen LogP contribution in [0.2, 0.25) is 0 Å². The highest BCUT2D eigenvalue weighted by atomic mass is 16.5. The van der Waals surface area contributed by atoms with Crippen molar-refractivity contribution in [2.24, 2.45) is 0 Å². The van der Waals surface area contributed by atoms with Gasteiger partial charge in [-0.05, 0) is 45.7 Å². The van der Waals surface area contributed by atoms with Gasteiger partial charge in [-0.1, -0.05) is 22.9 Å². The van der Waals surface area contributed by atoms with E-state index < -0.39 is 0 Å². The van der Waals surface area contributed by atoms with Crippen LogP contribution >= 0.6 is 0 Å². The molecule has 5 heteroatoms. The number of hydrogen-bond donors (Lipinski definition) is 2. The van der Waals surface area contributed by atoms with E-state index in [1.54, 1.807) is 0 Å². The van der Waals surface area contributed by atoms with Crippen molar-refractivity contribution in [1.29, 1.82) is 0 Å². The van der Waals surface area contributed by atoms with Crippen LogP contribution in [0.15, 0.2) is 18.2 Å². The lowest BCUT2D eigenvalue weighted by Gasteiger charge is -2.39. The topological polar surface area (TPSA) is 53.3 Å². The van der Waals surface area contributed by atoms with Gasteiger partial charge in [0.2, 0.25) is 0 Å². The van der Waals surface area contributed by atoms with Crippen LogP contribution < -0.4 is 5.32 Å². The van der Waals surface area contributed by atoms with Crippen LogP contribution in [0.4, 0.5) is 5.82 Å². The standard InChI is InChI=1S/C17H26N4O/c1-12-7-8-16-15(11-12)17(21(22)19-16)18-9-10-20-13(2)5-4-6-14(20)3/h7-8,11,13-14,18,22H,4-6,9-10H2,1-3H3. The van der Waals surface area contributed by atoms with E-state index >= 15 is 0 Å². The number of aryl methyl sites for hydroxylation is 1. The Labute approximate surface area is 131 Å². The molecule has 2 heterocycles. The van der Waals surface area contributed by atoms with Crippen LogP contribution in [-0.2, 0) is 0 Å². The van der Waals surface area contributed by atoms with Crippen molar-refractivity contribution in [3.63, 3.8) is 0 Å². The van der Waals surface area contributed by atoms with Gasteiger partial charge in [0.1, 0.15) is 0 Å². The van der Waals surface area contributed by atoms with E-state index in [1.807, 2.05) is 12.1 Å². The first-order chi connectivity index (χ1) is 10.6. The third-order valence-electron chi connectivity index (χ3n) is 4.85. The SMILES string of the molecule is Cc1ccc2nn(O)c(NCCN3C(C)CCCC3C)c2c1. The van der Waals surface area contributed by atoms with Crippen molar-refractivity contribution < 1.29 is 5.21 Å². The quantitative estimate of drug-likeness (QED) is 0.851. The second kappa shape index (κ2) is 6.16. The van der Waals surface area contributed by atoms with Crippen LogP contribution in [0.25, 0.3) is 10.9 Å². The third kappa shape index (κ3) is 2.90. The Balaban J connectivity index is 1.69. The van der Waals surface area contributed by atoms with Crippen LogP contribution in [0.5, 0.6) is 0 Å². The molecule has 22 heavy (non-hydrogen) atoms. The van der Waals surface area contributed by atoms with E-state index in [0.717, 1.165) is 28.8 Å². The summed E-state index contributed by atoms with van der Waals surface area (Å²) in [6.07, 6.45) is 3.90. The second-order valence-corrected chi connectivity index (χ2v) is 6.55. The summed E-state index contributed by atoms with van der Waals surface area (Å²) in [5.41, 5.74) is 1.98. The lowest BCUT2D eigenvalue weighted by molar-refractivity contribution is 0.108. The second-order valence-electron chi connectivity index (χ2n) is 6.55. The zero-order valence-corrected chi connectivity index (χ0v) is 13.7. The fourth-order valence-corrected chi connectivity index (χ4v) is 3.57. The lowest BCUT2D eigenvalue weighted by atomic mass is 9.98. The molecule has 1 saturated heterocycles. The smallest absolute Gasteiger partial charge is 0.173 e. The third-order valence-corrected chi connectivity index (χ3v) is 4.85. The van der Waals surface area contributed by atoms with E-state index in [0.29, 0.717) is 17.9 Å². The van der Waals surface area contributed by atoms with E-state index in [9.17, 15) is 5.21 Å². The van der Waals surface area contributed by atoms with Crippen LogP contribution in [0, 0.1) is 6.92 Å². The molecule has 2 unspecified atom stereocenters. The highest BCUT2D eigenvalue weighted by molar-refractivity contribution is 5.90. The van der Waals surface area contributed by atoms with Crippen molar-refractivity contribution in [3.05, 3.63) is 23.8 Å². The van der Waals surface area contributed by atoms with Gasteiger partial charge in [-0.2, -0.15) is 0 Å². The molecule has 1 aliphatic rings. The zero-order chi connectivity index (χ0) is 15.7. The largest absolute Gasteiger partial charge is 0.410 e. The Morgan fingerprint density at radius 3 is 2.73 bits per heavy atom. The summed E-state index contributed by atoms with van der Waals surface area (Å²) >= 11 is 0. The molecule has 0 radical (unpaired) electrons. The molecule has 3 rings (SSSR count).